The number of nitro groups is 1. The second kappa shape index (κ2) is 8.86. The number of carbonyl (C=O) groups is 2. The van der Waals surface area contributed by atoms with Gasteiger partial charge in [0.15, 0.2) is 0 Å². The number of non-ortho nitro benzene ring substituents is 1. The van der Waals surface area contributed by atoms with Crippen molar-refractivity contribution in [2.75, 3.05) is 31.1 Å². The Morgan fingerprint density at radius 1 is 0.824 bits per heavy atom. The smallest absolute Gasteiger partial charge is 0.278 e. The molecule has 1 saturated heterocycles. The first kappa shape index (κ1) is 21.4. The summed E-state index contributed by atoms with van der Waals surface area (Å²) in [5, 5.41) is 11.1. The second-order valence-corrected chi connectivity index (χ2v) is 8.11. The number of benzene rings is 2. The molecule has 0 radical (unpaired) electrons. The highest BCUT2D eigenvalue weighted by Crippen LogP contribution is 2.34. The molecule has 2 aliphatic rings. The predicted molar refractivity (Wildman–Crippen MR) is 125 cm³/mol. The monoisotopic (exact) mass is 458 g/mol. The van der Waals surface area contributed by atoms with Crippen LogP contribution < -0.4 is 4.90 Å². The van der Waals surface area contributed by atoms with Crippen molar-refractivity contribution < 1.29 is 18.9 Å². The molecule has 5 rings (SSSR count). The average molecular weight is 458 g/mol. The van der Waals surface area contributed by atoms with Crippen molar-refractivity contribution in [2.45, 2.75) is 6.54 Å². The first-order valence-corrected chi connectivity index (χ1v) is 11.0. The van der Waals surface area contributed by atoms with Gasteiger partial charge in [-0.05, 0) is 42.0 Å². The SMILES string of the molecule is O=C1C(c2ccc([N+](=O)[O-])cc2)=C(N2CCN(c3ccccc3)CC2)C(=O)N1Cc1ccco1. The number of nitrogens with zero attached hydrogens (tertiary/aromatic N) is 4. The van der Waals surface area contributed by atoms with Crippen molar-refractivity contribution >= 4 is 28.8 Å². The molecule has 0 bridgehead atoms. The summed E-state index contributed by atoms with van der Waals surface area (Å²) in [5.74, 6) is -0.321. The number of piperazine rings is 1. The quantitative estimate of drug-likeness (QED) is 0.317. The van der Waals surface area contributed by atoms with Crippen molar-refractivity contribution in [3.8, 4) is 0 Å². The van der Waals surface area contributed by atoms with E-state index in [1.165, 1.54) is 35.4 Å². The molecular formula is C25H22N4O5. The van der Waals surface area contributed by atoms with E-state index in [9.17, 15) is 19.7 Å². The molecule has 0 atom stereocenters. The summed E-state index contributed by atoms with van der Waals surface area (Å²) in [6, 6.07) is 19.2. The van der Waals surface area contributed by atoms with Crippen LogP contribution in [0.3, 0.4) is 0 Å². The number of rotatable bonds is 6. The molecule has 0 N–H and O–H groups in total. The largest absolute Gasteiger partial charge is 0.467 e. The Morgan fingerprint density at radius 3 is 2.12 bits per heavy atom. The number of nitro benzene ring substituents is 1. The number of para-hydroxylation sites is 1. The van der Waals surface area contributed by atoms with Gasteiger partial charge in [0.05, 0.1) is 23.3 Å². The second-order valence-electron chi connectivity index (χ2n) is 8.11. The van der Waals surface area contributed by atoms with Crippen molar-refractivity contribution in [2.24, 2.45) is 0 Å². The molecule has 0 saturated carbocycles. The van der Waals surface area contributed by atoms with Crippen molar-refractivity contribution in [1.29, 1.82) is 0 Å². The maximum absolute atomic E-state index is 13.5. The highest BCUT2D eigenvalue weighted by Gasteiger charge is 2.42. The molecule has 34 heavy (non-hydrogen) atoms. The van der Waals surface area contributed by atoms with Crippen LogP contribution in [0.25, 0.3) is 5.57 Å². The average Bonchev–Trinajstić information content (AvgIpc) is 3.47. The fourth-order valence-electron chi connectivity index (χ4n) is 4.40. The van der Waals surface area contributed by atoms with Gasteiger partial charge in [-0.25, -0.2) is 0 Å². The summed E-state index contributed by atoms with van der Waals surface area (Å²) in [7, 11) is 0. The molecule has 1 fully saturated rings. The Kier molecular flexibility index (Phi) is 5.59. The number of amides is 2. The standard InChI is InChI=1S/C25H22N4O5/c30-24-22(18-8-10-20(11-9-18)29(32)33)23(25(31)28(24)17-21-7-4-16-34-21)27-14-12-26(13-15-27)19-5-2-1-3-6-19/h1-11,16H,12-15,17H2. The lowest BCUT2D eigenvalue weighted by Crippen LogP contribution is -2.47. The van der Waals surface area contributed by atoms with E-state index in [1.54, 1.807) is 12.1 Å². The summed E-state index contributed by atoms with van der Waals surface area (Å²) in [4.78, 5) is 42.9. The fourth-order valence-corrected chi connectivity index (χ4v) is 4.40. The van der Waals surface area contributed by atoms with E-state index in [-0.39, 0.29) is 23.7 Å². The molecule has 2 amide bonds. The van der Waals surface area contributed by atoms with E-state index in [4.69, 9.17) is 4.42 Å². The Hall–Kier alpha value is -4.40. The highest BCUT2D eigenvalue weighted by molar-refractivity contribution is 6.35. The van der Waals surface area contributed by atoms with E-state index in [1.807, 2.05) is 35.2 Å². The maximum atomic E-state index is 13.5. The van der Waals surface area contributed by atoms with Crippen LogP contribution in [-0.2, 0) is 16.1 Å². The van der Waals surface area contributed by atoms with Crippen LogP contribution in [0.15, 0.2) is 83.1 Å². The summed E-state index contributed by atoms with van der Waals surface area (Å²) in [5.41, 5.74) is 2.11. The molecule has 3 aromatic rings. The third kappa shape index (κ3) is 3.92. The van der Waals surface area contributed by atoms with Crippen molar-refractivity contribution in [1.82, 2.24) is 9.80 Å². The molecule has 9 nitrogen and oxygen atoms in total. The number of hydrogen-bond donors (Lipinski definition) is 0. The number of anilines is 1. The number of imide groups is 1. The van der Waals surface area contributed by atoms with Gasteiger partial charge in [0.25, 0.3) is 17.5 Å². The zero-order valence-corrected chi connectivity index (χ0v) is 18.3. The van der Waals surface area contributed by atoms with Crippen LogP contribution in [-0.4, -0.2) is 52.7 Å². The van der Waals surface area contributed by atoms with Crippen LogP contribution >= 0.6 is 0 Å². The minimum absolute atomic E-state index is 0.0224. The molecule has 172 valence electrons. The number of furan rings is 1. The van der Waals surface area contributed by atoms with Gasteiger partial charge in [-0.1, -0.05) is 18.2 Å². The van der Waals surface area contributed by atoms with Gasteiger partial charge >= 0.3 is 0 Å². The summed E-state index contributed by atoms with van der Waals surface area (Å²) in [6.45, 7) is 2.54. The van der Waals surface area contributed by atoms with E-state index in [2.05, 4.69) is 4.90 Å². The van der Waals surface area contributed by atoms with Gasteiger partial charge < -0.3 is 14.2 Å². The minimum atomic E-state index is -0.493. The zero-order chi connectivity index (χ0) is 23.7. The normalized spacial score (nSPS) is 16.5. The summed E-state index contributed by atoms with van der Waals surface area (Å²) < 4.78 is 5.36. The van der Waals surface area contributed by atoms with E-state index >= 15 is 0 Å². The van der Waals surface area contributed by atoms with Crippen LogP contribution in [0.2, 0.25) is 0 Å². The Morgan fingerprint density at radius 2 is 1.50 bits per heavy atom. The summed E-state index contributed by atoms with van der Waals surface area (Å²) in [6.07, 6.45) is 1.49. The molecule has 2 aliphatic heterocycles. The minimum Gasteiger partial charge on any atom is -0.467 e. The maximum Gasteiger partial charge on any atom is 0.278 e. The molecule has 0 unspecified atom stereocenters. The van der Waals surface area contributed by atoms with E-state index in [0.29, 0.717) is 43.2 Å². The topological polar surface area (TPSA) is 100 Å². The zero-order valence-electron chi connectivity index (χ0n) is 18.3. The van der Waals surface area contributed by atoms with Crippen LogP contribution in [0.5, 0.6) is 0 Å². The number of hydrogen-bond acceptors (Lipinski definition) is 7. The van der Waals surface area contributed by atoms with Crippen LogP contribution in [0.1, 0.15) is 11.3 Å². The highest BCUT2D eigenvalue weighted by atomic mass is 16.6. The Balaban J connectivity index is 1.46. The lowest BCUT2D eigenvalue weighted by Gasteiger charge is -2.37. The molecule has 0 aliphatic carbocycles. The molecular weight excluding hydrogens is 436 g/mol. The van der Waals surface area contributed by atoms with E-state index in [0.717, 1.165) is 5.69 Å². The van der Waals surface area contributed by atoms with Crippen LogP contribution in [0.4, 0.5) is 11.4 Å². The van der Waals surface area contributed by atoms with Crippen LogP contribution in [0, 0.1) is 10.1 Å². The molecule has 2 aromatic carbocycles. The molecule has 3 heterocycles. The van der Waals surface area contributed by atoms with Gasteiger partial charge in [-0.3, -0.25) is 24.6 Å². The van der Waals surface area contributed by atoms with Crippen molar-refractivity contribution in [3.05, 3.63) is 100 Å². The van der Waals surface area contributed by atoms with Gasteiger partial charge in [0.2, 0.25) is 0 Å². The predicted octanol–water partition coefficient (Wildman–Crippen LogP) is 3.29. The third-order valence-electron chi connectivity index (χ3n) is 6.12. The van der Waals surface area contributed by atoms with Gasteiger partial charge in [0, 0.05) is 44.0 Å². The molecule has 1 aromatic heterocycles. The first-order valence-electron chi connectivity index (χ1n) is 11.0. The lowest BCUT2D eigenvalue weighted by atomic mass is 10.0. The lowest BCUT2D eigenvalue weighted by molar-refractivity contribution is -0.384. The molecule has 0 spiro atoms. The van der Waals surface area contributed by atoms with Gasteiger partial charge in [0.1, 0.15) is 11.5 Å². The number of carbonyl (C=O) groups excluding carboxylic acids is 2. The van der Waals surface area contributed by atoms with Crippen molar-refractivity contribution in [3.63, 3.8) is 0 Å². The third-order valence-corrected chi connectivity index (χ3v) is 6.12. The fraction of sp³-hybridized carbons (Fsp3) is 0.200. The van der Waals surface area contributed by atoms with Gasteiger partial charge in [-0.2, -0.15) is 0 Å². The van der Waals surface area contributed by atoms with E-state index < -0.39 is 10.8 Å². The first-order chi connectivity index (χ1) is 16.5. The van der Waals surface area contributed by atoms with Gasteiger partial charge in [-0.15, -0.1) is 0 Å². The Bertz CT molecular complexity index is 1240. The Labute approximate surface area is 195 Å². The summed E-state index contributed by atoms with van der Waals surface area (Å²) >= 11 is 0. The molecule has 9 heteroatoms.